The number of rotatable bonds is 3. The molecule has 1 aliphatic rings. The molecule has 0 saturated heterocycles. The zero-order valence-corrected chi connectivity index (χ0v) is 8.88. The Balaban J connectivity index is 2.51. The first-order valence-corrected chi connectivity index (χ1v) is 5.20. The molecule has 0 radical (unpaired) electrons. The lowest BCUT2D eigenvalue weighted by molar-refractivity contribution is 0.100. The van der Waals surface area contributed by atoms with Gasteiger partial charge >= 0.3 is 0 Å². The van der Waals surface area contributed by atoms with Crippen LogP contribution in [-0.2, 0) is 12.8 Å². The van der Waals surface area contributed by atoms with E-state index in [4.69, 9.17) is 10.5 Å². The third kappa shape index (κ3) is 1.63. The van der Waals surface area contributed by atoms with Crippen LogP contribution < -0.4 is 10.5 Å². The molecule has 0 atom stereocenters. The van der Waals surface area contributed by atoms with E-state index in [2.05, 4.69) is 0 Å². The molecule has 1 aromatic rings. The summed E-state index contributed by atoms with van der Waals surface area (Å²) in [6, 6.07) is 3.70. The van der Waals surface area contributed by atoms with Gasteiger partial charge in [-0.05, 0) is 42.5 Å². The van der Waals surface area contributed by atoms with Crippen LogP contribution in [0.4, 0.5) is 0 Å². The standard InChI is InChI=1S/C12H15NO2/c1-15-12-6-5-9(11(14)7-13)8-3-2-4-10(8)12/h5-6H,2-4,7,13H2,1H3. The Kier molecular flexibility index (Phi) is 2.73. The summed E-state index contributed by atoms with van der Waals surface area (Å²) < 4.78 is 5.28. The van der Waals surface area contributed by atoms with Crippen LogP contribution in [0, 0.1) is 0 Å². The van der Waals surface area contributed by atoms with Gasteiger partial charge in [-0.1, -0.05) is 0 Å². The Hall–Kier alpha value is -1.35. The number of hydrogen-bond acceptors (Lipinski definition) is 3. The number of Topliss-reactive ketones (excluding diaryl/α,β-unsaturated/α-hetero) is 1. The smallest absolute Gasteiger partial charge is 0.176 e. The van der Waals surface area contributed by atoms with Crippen molar-refractivity contribution in [3.8, 4) is 5.75 Å². The lowest BCUT2D eigenvalue weighted by atomic mass is 9.99. The largest absolute Gasteiger partial charge is 0.496 e. The topological polar surface area (TPSA) is 52.3 Å². The molecule has 1 aromatic carbocycles. The minimum Gasteiger partial charge on any atom is -0.496 e. The molecule has 0 heterocycles. The second kappa shape index (κ2) is 4.03. The molecule has 1 aliphatic carbocycles. The van der Waals surface area contributed by atoms with Gasteiger partial charge in [-0.15, -0.1) is 0 Å². The number of ketones is 1. The summed E-state index contributed by atoms with van der Waals surface area (Å²) >= 11 is 0. The lowest BCUT2D eigenvalue weighted by Gasteiger charge is -2.10. The molecule has 0 amide bonds. The second-order valence-electron chi connectivity index (χ2n) is 3.75. The fourth-order valence-electron chi connectivity index (χ4n) is 2.24. The molecule has 0 unspecified atom stereocenters. The number of carbonyl (C=O) groups is 1. The molecule has 0 spiro atoms. The minimum atomic E-state index is 0.0239. The van der Waals surface area contributed by atoms with Crippen LogP contribution in [0.25, 0.3) is 0 Å². The van der Waals surface area contributed by atoms with Crippen LogP contribution in [0.1, 0.15) is 27.9 Å². The number of fused-ring (bicyclic) bond motifs is 1. The van der Waals surface area contributed by atoms with Crippen LogP contribution >= 0.6 is 0 Å². The molecule has 0 aliphatic heterocycles. The molecule has 0 bridgehead atoms. The summed E-state index contributed by atoms with van der Waals surface area (Å²) in [6.45, 7) is 0.0821. The monoisotopic (exact) mass is 205 g/mol. The van der Waals surface area contributed by atoms with Gasteiger partial charge in [0.25, 0.3) is 0 Å². The number of benzene rings is 1. The van der Waals surface area contributed by atoms with Gasteiger partial charge in [-0.3, -0.25) is 4.79 Å². The number of nitrogens with two attached hydrogens (primary N) is 1. The van der Waals surface area contributed by atoms with E-state index in [0.717, 1.165) is 36.1 Å². The molecule has 15 heavy (non-hydrogen) atoms. The summed E-state index contributed by atoms with van der Waals surface area (Å²) in [4.78, 5) is 11.6. The molecule has 2 rings (SSSR count). The number of methoxy groups -OCH3 is 1. The van der Waals surface area contributed by atoms with Gasteiger partial charge in [-0.2, -0.15) is 0 Å². The van der Waals surface area contributed by atoms with Gasteiger partial charge in [-0.25, -0.2) is 0 Å². The van der Waals surface area contributed by atoms with Gasteiger partial charge in [0.15, 0.2) is 5.78 Å². The fraction of sp³-hybridized carbons (Fsp3) is 0.417. The van der Waals surface area contributed by atoms with Crippen molar-refractivity contribution in [1.82, 2.24) is 0 Å². The molecular weight excluding hydrogens is 190 g/mol. The maximum absolute atomic E-state index is 11.6. The van der Waals surface area contributed by atoms with Gasteiger partial charge in [0.05, 0.1) is 13.7 Å². The van der Waals surface area contributed by atoms with Crippen LogP contribution in [0.2, 0.25) is 0 Å². The van der Waals surface area contributed by atoms with Crippen molar-refractivity contribution in [2.45, 2.75) is 19.3 Å². The first-order chi connectivity index (χ1) is 7.27. The minimum absolute atomic E-state index is 0.0239. The number of ether oxygens (including phenoxy) is 1. The Labute approximate surface area is 89.2 Å². The van der Waals surface area contributed by atoms with E-state index in [-0.39, 0.29) is 12.3 Å². The van der Waals surface area contributed by atoms with E-state index in [0.29, 0.717) is 0 Å². The molecule has 80 valence electrons. The molecule has 3 nitrogen and oxygen atoms in total. The van der Waals surface area contributed by atoms with Crippen LogP contribution in [-0.4, -0.2) is 19.4 Å². The van der Waals surface area contributed by atoms with E-state index in [1.165, 1.54) is 5.56 Å². The van der Waals surface area contributed by atoms with Crippen molar-refractivity contribution in [1.29, 1.82) is 0 Å². The summed E-state index contributed by atoms with van der Waals surface area (Å²) in [7, 11) is 1.67. The van der Waals surface area contributed by atoms with E-state index in [1.54, 1.807) is 7.11 Å². The lowest BCUT2D eigenvalue weighted by Crippen LogP contribution is -2.15. The van der Waals surface area contributed by atoms with Gasteiger partial charge < -0.3 is 10.5 Å². The number of hydrogen-bond donors (Lipinski definition) is 1. The summed E-state index contributed by atoms with van der Waals surface area (Å²) in [5.41, 5.74) is 8.51. The van der Waals surface area contributed by atoms with Crippen LogP contribution in [0.3, 0.4) is 0 Å². The predicted molar refractivity (Wildman–Crippen MR) is 58.4 cm³/mol. The average Bonchev–Trinajstić information content (AvgIpc) is 2.75. The van der Waals surface area contributed by atoms with Crippen molar-refractivity contribution < 1.29 is 9.53 Å². The van der Waals surface area contributed by atoms with E-state index in [1.807, 2.05) is 12.1 Å². The van der Waals surface area contributed by atoms with E-state index < -0.39 is 0 Å². The van der Waals surface area contributed by atoms with Crippen molar-refractivity contribution in [3.05, 3.63) is 28.8 Å². The van der Waals surface area contributed by atoms with Crippen LogP contribution in [0.15, 0.2) is 12.1 Å². The Morgan fingerprint density at radius 1 is 1.40 bits per heavy atom. The van der Waals surface area contributed by atoms with Crippen molar-refractivity contribution in [2.24, 2.45) is 5.73 Å². The molecule has 0 saturated carbocycles. The van der Waals surface area contributed by atoms with E-state index in [9.17, 15) is 4.79 Å². The first kappa shape index (κ1) is 10.2. The SMILES string of the molecule is COc1ccc(C(=O)CN)c2c1CCC2. The Morgan fingerprint density at radius 3 is 2.80 bits per heavy atom. The highest BCUT2D eigenvalue weighted by Crippen LogP contribution is 2.33. The van der Waals surface area contributed by atoms with Crippen molar-refractivity contribution >= 4 is 5.78 Å². The maximum Gasteiger partial charge on any atom is 0.176 e. The third-order valence-electron chi connectivity index (χ3n) is 2.95. The Morgan fingerprint density at radius 2 is 2.13 bits per heavy atom. The van der Waals surface area contributed by atoms with E-state index >= 15 is 0 Å². The number of carbonyl (C=O) groups excluding carboxylic acids is 1. The van der Waals surface area contributed by atoms with Crippen LogP contribution in [0.5, 0.6) is 5.75 Å². The van der Waals surface area contributed by atoms with Gasteiger partial charge in [0.1, 0.15) is 5.75 Å². The normalized spacial score (nSPS) is 13.7. The zero-order chi connectivity index (χ0) is 10.8. The molecule has 3 heteroatoms. The third-order valence-corrected chi connectivity index (χ3v) is 2.95. The predicted octanol–water partition coefficient (Wildman–Crippen LogP) is 1.33. The Bertz CT molecular complexity index is 399. The first-order valence-electron chi connectivity index (χ1n) is 5.20. The molecular formula is C12H15NO2. The average molecular weight is 205 g/mol. The van der Waals surface area contributed by atoms with Gasteiger partial charge in [0, 0.05) is 5.56 Å². The van der Waals surface area contributed by atoms with Crippen molar-refractivity contribution in [3.63, 3.8) is 0 Å². The van der Waals surface area contributed by atoms with Crippen molar-refractivity contribution in [2.75, 3.05) is 13.7 Å². The highest BCUT2D eigenvalue weighted by atomic mass is 16.5. The maximum atomic E-state index is 11.6. The molecule has 0 fully saturated rings. The highest BCUT2D eigenvalue weighted by molar-refractivity contribution is 5.99. The zero-order valence-electron chi connectivity index (χ0n) is 8.88. The quantitative estimate of drug-likeness (QED) is 0.757. The molecule has 2 N–H and O–H groups in total. The molecule has 0 aromatic heterocycles. The summed E-state index contributed by atoms with van der Waals surface area (Å²) in [6.07, 6.45) is 3.07. The summed E-state index contributed by atoms with van der Waals surface area (Å²) in [5, 5.41) is 0. The fourth-order valence-corrected chi connectivity index (χ4v) is 2.24. The summed E-state index contributed by atoms with van der Waals surface area (Å²) in [5.74, 6) is 0.923. The van der Waals surface area contributed by atoms with Gasteiger partial charge in [0.2, 0.25) is 0 Å². The highest BCUT2D eigenvalue weighted by Gasteiger charge is 2.21. The second-order valence-corrected chi connectivity index (χ2v) is 3.75.